The number of non-ortho nitro benzene ring substituents is 1. The maximum Gasteiger partial charge on any atom is 0.270 e. The third-order valence-electron chi connectivity index (χ3n) is 4.45. The number of carbonyl (C=O) groups is 1. The van der Waals surface area contributed by atoms with E-state index in [1.807, 2.05) is 0 Å². The maximum atomic E-state index is 12.8. The van der Waals surface area contributed by atoms with Crippen LogP contribution in [0.25, 0.3) is 0 Å². The number of sulfonamides is 1. The molecule has 1 N–H and O–H groups in total. The van der Waals surface area contributed by atoms with E-state index < -0.39 is 20.9 Å². The average molecular weight is 405 g/mol. The van der Waals surface area contributed by atoms with Gasteiger partial charge in [-0.15, -0.1) is 0 Å². The number of amides is 1. The predicted molar refractivity (Wildman–Crippen MR) is 107 cm³/mol. The smallest absolute Gasteiger partial charge is 0.270 e. The molecule has 0 aliphatic rings. The molecule has 0 unspecified atom stereocenters. The molecule has 8 nitrogen and oxygen atoms in total. The number of aryl methyl sites for hydroxylation is 2. The highest BCUT2D eigenvalue weighted by Crippen LogP contribution is 2.25. The van der Waals surface area contributed by atoms with Crippen molar-refractivity contribution >= 4 is 27.3 Å². The molecule has 0 saturated carbocycles. The van der Waals surface area contributed by atoms with Gasteiger partial charge in [0.1, 0.15) is 0 Å². The molecule has 0 radical (unpaired) electrons. The SMILES string of the molecule is CCN(CC)S(=O)(=O)c1cc(NC(=O)c2cc([N+](=O)[O-])ccc2C)ccc1C. The van der Waals surface area contributed by atoms with E-state index >= 15 is 0 Å². The Balaban J connectivity index is 2.40. The summed E-state index contributed by atoms with van der Waals surface area (Å²) in [5.74, 6) is -0.545. The van der Waals surface area contributed by atoms with Gasteiger partial charge in [-0.1, -0.05) is 26.0 Å². The molecular formula is C19H23N3O5S. The highest BCUT2D eigenvalue weighted by atomic mass is 32.2. The minimum Gasteiger partial charge on any atom is -0.322 e. The lowest BCUT2D eigenvalue weighted by Crippen LogP contribution is -2.31. The van der Waals surface area contributed by atoms with Crippen LogP contribution in [0.3, 0.4) is 0 Å². The fraction of sp³-hybridized carbons (Fsp3) is 0.316. The highest BCUT2D eigenvalue weighted by molar-refractivity contribution is 7.89. The van der Waals surface area contributed by atoms with Crippen molar-refractivity contribution in [3.8, 4) is 0 Å². The van der Waals surface area contributed by atoms with Crippen LogP contribution in [0.4, 0.5) is 11.4 Å². The van der Waals surface area contributed by atoms with Crippen LogP contribution in [0.2, 0.25) is 0 Å². The van der Waals surface area contributed by atoms with Gasteiger partial charge >= 0.3 is 0 Å². The van der Waals surface area contributed by atoms with E-state index in [9.17, 15) is 23.3 Å². The van der Waals surface area contributed by atoms with Gasteiger partial charge in [-0.05, 0) is 37.1 Å². The summed E-state index contributed by atoms with van der Waals surface area (Å²) in [5, 5.41) is 13.6. The van der Waals surface area contributed by atoms with Gasteiger partial charge in [0.15, 0.2) is 0 Å². The van der Waals surface area contributed by atoms with Crippen molar-refractivity contribution in [2.75, 3.05) is 18.4 Å². The number of nitro benzene ring substituents is 1. The number of nitro groups is 1. The number of hydrogen-bond donors (Lipinski definition) is 1. The van der Waals surface area contributed by atoms with Crippen LogP contribution in [-0.4, -0.2) is 36.6 Å². The summed E-state index contributed by atoms with van der Waals surface area (Å²) in [4.78, 5) is 23.1. The average Bonchev–Trinajstić information content (AvgIpc) is 2.64. The predicted octanol–water partition coefficient (Wildman–Crippen LogP) is 3.49. The van der Waals surface area contributed by atoms with Crippen molar-refractivity contribution in [1.29, 1.82) is 0 Å². The quantitative estimate of drug-likeness (QED) is 0.560. The number of anilines is 1. The monoisotopic (exact) mass is 405 g/mol. The Labute approximate surface area is 164 Å². The van der Waals surface area contributed by atoms with Gasteiger partial charge in [-0.25, -0.2) is 8.42 Å². The van der Waals surface area contributed by atoms with E-state index in [4.69, 9.17) is 0 Å². The lowest BCUT2D eigenvalue weighted by Gasteiger charge is -2.20. The van der Waals surface area contributed by atoms with Crippen molar-refractivity contribution in [1.82, 2.24) is 4.31 Å². The summed E-state index contributed by atoms with van der Waals surface area (Å²) in [6, 6.07) is 8.65. The first kappa shape index (κ1) is 21.5. The van der Waals surface area contributed by atoms with Crippen molar-refractivity contribution in [3.63, 3.8) is 0 Å². The van der Waals surface area contributed by atoms with Crippen LogP contribution in [-0.2, 0) is 10.0 Å². The molecule has 2 aromatic carbocycles. The molecule has 0 atom stereocenters. The molecule has 1 amide bonds. The van der Waals surface area contributed by atoms with Crippen LogP contribution in [0, 0.1) is 24.0 Å². The summed E-state index contributed by atoms with van der Waals surface area (Å²) >= 11 is 0. The van der Waals surface area contributed by atoms with Gasteiger partial charge in [0.05, 0.1) is 9.82 Å². The van der Waals surface area contributed by atoms with Crippen molar-refractivity contribution in [2.24, 2.45) is 0 Å². The molecule has 0 fully saturated rings. The molecule has 28 heavy (non-hydrogen) atoms. The summed E-state index contributed by atoms with van der Waals surface area (Å²) in [7, 11) is -3.69. The van der Waals surface area contributed by atoms with Crippen LogP contribution in [0.15, 0.2) is 41.3 Å². The van der Waals surface area contributed by atoms with Crippen LogP contribution in [0.5, 0.6) is 0 Å². The van der Waals surface area contributed by atoms with E-state index in [2.05, 4.69) is 5.32 Å². The first-order chi connectivity index (χ1) is 13.1. The topological polar surface area (TPSA) is 110 Å². The third kappa shape index (κ3) is 4.37. The molecule has 9 heteroatoms. The number of nitrogens with one attached hydrogen (secondary N) is 1. The Morgan fingerprint density at radius 1 is 1.07 bits per heavy atom. The number of carbonyl (C=O) groups excluding carboxylic acids is 1. The molecule has 0 aromatic heterocycles. The Morgan fingerprint density at radius 3 is 2.25 bits per heavy atom. The highest BCUT2D eigenvalue weighted by Gasteiger charge is 2.24. The van der Waals surface area contributed by atoms with Crippen molar-refractivity contribution in [3.05, 3.63) is 63.2 Å². The first-order valence-electron chi connectivity index (χ1n) is 8.79. The Kier molecular flexibility index (Phi) is 6.52. The molecule has 2 rings (SSSR count). The summed E-state index contributed by atoms with van der Waals surface area (Å²) in [6.07, 6.45) is 0. The molecule has 0 aliphatic heterocycles. The number of nitrogens with zero attached hydrogens (tertiary/aromatic N) is 2. The van der Waals surface area contributed by atoms with Gasteiger partial charge < -0.3 is 5.32 Å². The minimum atomic E-state index is -3.69. The molecule has 150 valence electrons. The van der Waals surface area contributed by atoms with E-state index in [1.54, 1.807) is 39.8 Å². The summed E-state index contributed by atoms with van der Waals surface area (Å²) in [6.45, 7) is 7.54. The van der Waals surface area contributed by atoms with Crippen LogP contribution >= 0.6 is 0 Å². The molecule has 2 aromatic rings. The van der Waals surface area contributed by atoms with E-state index in [1.165, 1.54) is 28.6 Å². The molecule has 0 spiro atoms. The first-order valence-corrected chi connectivity index (χ1v) is 10.2. The second-order valence-corrected chi connectivity index (χ2v) is 8.19. The van der Waals surface area contributed by atoms with Gasteiger partial charge in [0.2, 0.25) is 10.0 Å². The lowest BCUT2D eigenvalue weighted by atomic mass is 10.1. The zero-order valence-corrected chi connectivity index (χ0v) is 17.0. The zero-order chi connectivity index (χ0) is 21.1. The van der Waals surface area contributed by atoms with Gasteiger partial charge in [0.25, 0.3) is 11.6 Å². The fourth-order valence-corrected chi connectivity index (χ4v) is 4.53. The largest absolute Gasteiger partial charge is 0.322 e. The molecule has 0 bridgehead atoms. The minimum absolute atomic E-state index is 0.116. The van der Waals surface area contributed by atoms with Crippen LogP contribution < -0.4 is 5.32 Å². The molecular weight excluding hydrogens is 382 g/mol. The lowest BCUT2D eigenvalue weighted by molar-refractivity contribution is -0.384. The summed E-state index contributed by atoms with van der Waals surface area (Å²) < 4.78 is 27.0. The molecule has 0 aliphatic carbocycles. The van der Waals surface area contributed by atoms with Gasteiger partial charge in [-0.3, -0.25) is 14.9 Å². The normalized spacial score (nSPS) is 11.5. The number of benzene rings is 2. The third-order valence-corrected chi connectivity index (χ3v) is 6.64. The second-order valence-electron chi connectivity index (χ2n) is 6.28. The van der Waals surface area contributed by atoms with Crippen molar-refractivity contribution in [2.45, 2.75) is 32.6 Å². The number of hydrogen-bond acceptors (Lipinski definition) is 5. The van der Waals surface area contributed by atoms with Gasteiger partial charge in [-0.2, -0.15) is 4.31 Å². The second kappa shape index (κ2) is 8.49. The zero-order valence-electron chi connectivity index (χ0n) is 16.2. The Hall–Kier alpha value is -2.78. The van der Waals surface area contributed by atoms with E-state index in [-0.39, 0.29) is 16.1 Å². The van der Waals surface area contributed by atoms with Crippen LogP contribution in [0.1, 0.15) is 35.3 Å². The molecule has 0 heterocycles. The fourth-order valence-electron chi connectivity index (χ4n) is 2.82. The standard InChI is InChI=1S/C19H23N3O5S/c1-5-21(6-2)28(26,27)18-11-15(9-7-14(18)4)20-19(23)17-12-16(22(24)25)10-8-13(17)3/h7-12H,5-6H2,1-4H3,(H,20,23). The Bertz CT molecular complexity index is 1010. The maximum absolute atomic E-state index is 12.8. The Morgan fingerprint density at radius 2 is 1.68 bits per heavy atom. The van der Waals surface area contributed by atoms with E-state index in [0.29, 0.717) is 29.9 Å². The summed E-state index contributed by atoms with van der Waals surface area (Å²) in [5.41, 5.74) is 1.40. The molecule has 0 saturated heterocycles. The van der Waals surface area contributed by atoms with Crippen molar-refractivity contribution < 1.29 is 18.1 Å². The van der Waals surface area contributed by atoms with Gasteiger partial charge in [0, 0.05) is 36.5 Å². The number of rotatable bonds is 7. The van der Waals surface area contributed by atoms with E-state index in [0.717, 1.165) is 0 Å².